The first-order valence-corrected chi connectivity index (χ1v) is 19.5. The van der Waals surface area contributed by atoms with E-state index in [-0.39, 0.29) is 10.8 Å². The summed E-state index contributed by atoms with van der Waals surface area (Å²) < 4.78 is 31.3. The summed E-state index contributed by atoms with van der Waals surface area (Å²) >= 11 is 0. The van der Waals surface area contributed by atoms with Crippen LogP contribution in [0, 0.1) is 0 Å². The molecule has 5 heteroatoms. The van der Waals surface area contributed by atoms with Crippen molar-refractivity contribution in [1.82, 2.24) is 0 Å². The van der Waals surface area contributed by atoms with Crippen LogP contribution in [0.25, 0.3) is 0 Å². The Balaban J connectivity index is 1.23. The van der Waals surface area contributed by atoms with Gasteiger partial charge >= 0.3 is 0 Å². The van der Waals surface area contributed by atoms with E-state index in [1.165, 1.54) is 22.3 Å². The van der Waals surface area contributed by atoms with Crippen molar-refractivity contribution in [3.63, 3.8) is 0 Å². The fourth-order valence-electron chi connectivity index (χ4n) is 7.01. The predicted molar refractivity (Wildman–Crippen MR) is 223 cm³/mol. The van der Waals surface area contributed by atoms with E-state index in [0.29, 0.717) is 26.4 Å². The van der Waals surface area contributed by atoms with Crippen LogP contribution in [-0.4, -0.2) is 26.4 Å². The summed E-state index contributed by atoms with van der Waals surface area (Å²) in [7, 11) is 0. The maximum atomic E-state index is 6.93. The van der Waals surface area contributed by atoms with E-state index in [2.05, 4.69) is 98.8 Å². The highest BCUT2D eigenvalue weighted by atomic mass is 16.5. The van der Waals surface area contributed by atoms with Crippen molar-refractivity contribution >= 4 is 0 Å². The molecule has 2 unspecified atom stereocenters. The fourth-order valence-corrected chi connectivity index (χ4v) is 7.01. The Kier molecular flexibility index (Phi) is 13.7. The van der Waals surface area contributed by atoms with Crippen LogP contribution >= 0.6 is 0 Å². The van der Waals surface area contributed by atoms with Gasteiger partial charge in [-0.25, -0.2) is 0 Å². The van der Waals surface area contributed by atoms with Gasteiger partial charge in [-0.3, -0.25) is 0 Å². The van der Waals surface area contributed by atoms with Crippen LogP contribution in [-0.2, 0) is 28.4 Å². The first-order chi connectivity index (χ1) is 26.9. The van der Waals surface area contributed by atoms with Crippen LogP contribution in [0.5, 0.6) is 34.5 Å². The number of hydrogen-bond acceptors (Lipinski definition) is 5. The highest BCUT2D eigenvalue weighted by Gasteiger charge is 2.32. The van der Waals surface area contributed by atoms with Gasteiger partial charge in [-0.05, 0) is 122 Å². The Bertz CT molecular complexity index is 1880. The molecule has 0 aromatic heterocycles. The van der Waals surface area contributed by atoms with Gasteiger partial charge < -0.3 is 23.7 Å². The second-order valence-electron chi connectivity index (χ2n) is 14.6. The molecule has 284 valence electrons. The largest absolute Gasteiger partial charge is 0.494 e. The molecule has 6 aromatic carbocycles. The lowest BCUT2D eigenvalue weighted by atomic mass is 9.77. The summed E-state index contributed by atoms with van der Waals surface area (Å²) in [5, 5.41) is 0. The van der Waals surface area contributed by atoms with Crippen LogP contribution in [0.2, 0.25) is 0 Å². The molecular formula is C50H54O5. The maximum Gasteiger partial charge on any atom is 0.130 e. The Morgan fingerprint density at radius 3 is 1.15 bits per heavy atom. The van der Waals surface area contributed by atoms with E-state index < -0.39 is 0 Å². The summed E-state index contributed by atoms with van der Waals surface area (Å²) in [5.74, 6) is 5.16. The van der Waals surface area contributed by atoms with E-state index in [1.54, 1.807) is 0 Å². The lowest BCUT2D eigenvalue weighted by Crippen LogP contribution is -2.35. The van der Waals surface area contributed by atoms with Gasteiger partial charge in [0.15, 0.2) is 0 Å². The Morgan fingerprint density at radius 2 is 0.764 bits per heavy atom. The first kappa shape index (κ1) is 39.2. The van der Waals surface area contributed by atoms with Crippen molar-refractivity contribution in [3.05, 3.63) is 180 Å². The van der Waals surface area contributed by atoms with Gasteiger partial charge in [0.25, 0.3) is 0 Å². The van der Waals surface area contributed by atoms with Crippen LogP contribution in [0.15, 0.2) is 158 Å². The molecule has 55 heavy (non-hydrogen) atoms. The third-order valence-electron chi connectivity index (χ3n) is 10.3. The van der Waals surface area contributed by atoms with Gasteiger partial charge in [0.05, 0.1) is 26.4 Å². The van der Waals surface area contributed by atoms with Crippen molar-refractivity contribution < 1.29 is 23.7 Å². The molecule has 0 spiro atoms. The molecule has 0 radical (unpaired) electrons. The Morgan fingerprint density at radius 1 is 0.400 bits per heavy atom. The molecule has 0 aliphatic rings. The maximum absolute atomic E-state index is 6.93. The van der Waals surface area contributed by atoms with E-state index >= 15 is 0 Å². The monoisotopic (exact) mass is 734 g/mol. The minimum atomic E-state index is -0.291. The second kappa shape index (κ2) is 19.2. The van der Waals surface area contributed by atoms with Crippen LogP contribution in [0.3, 0.4) is 0 Å². The Labute approximate surface area is 327 Å². The molecule has 6 aromatic rings. The average Bonchev–Trinajstić information content (AvgIpc) is 3.22. The van der Waals surface area contributed by atoms with Crippen LogP contribution < -0.4 is 18.9 Å². The summed E-state index contributed by atoms with van der Waals surface area (Å²) in [6.07, 6.45) is 3.37. The van der Waals surface area contributed by atoms with E-state index in [4.69, 9.17) is 23.7 Å². The molecule has 0 N–H and O–H groups in total. The zero-order valence-electron chi connectivity index (χ0n) is 32.7. The minimum absolute atomic E-state index is 0.291. The fraction of sp³-hybridized carbons (Fsp3) is 0.280. The molecule has 0 saturated carbocycles. The number of ether oxygens (including phenoxy) is 5. The molecule has 0 fully saturated rings. The van der Waals surface area contributed by atoms with Crippen molar-refractivity contribution in [2.75, 3.05) is 26.4 Å². The summed E-state index contributed by atoms with van der Waals surface area (Å²) in [5.41, 5.74) is 4.18. The highest BCUT2D eigenvalue weighted by molar-refractivity contribution is 5.41. The number of rotatable bonds is 20. The lowest BCUT2D eigenvalue weighted by molar-refractivity contribution is 0.0484. The van der Waals surface area contributed by atoms with Gasteiger partial charge in [-0.1, -0.05) is 111 Å². The van der Waals surface area contributed by atoms with Gasteiger partial charge in [-0.2, -0.15) is 0 Å². The molecule has 0 amide bonds. The molecular weight excluding hydrogens is 681 g/mol. The standard InChI is InChI=1S/C50H54O5/c1-5-52-43-29-25-41(26-30-43)49(3,35-33-39-17-13-15-23-47(39)54-45-19-9-7-10-20-45)37-51-38-50(4,42-27-31-44(32-28-42)53-6-2)36-34-40-18-14-16-24-48(40)55-46-21-11-8-12-22-46/h7-32H,5-6,33-38H2,1-4H3. The number of aryl methyl sites for hydroxylation is 2. The van der Waals surface area contributed by atoms with Crippen molar-refractivity contribution in [3.8, 4) is 34.5 Å². The lowest BCUT2D eigenvalue weighted by Gasteiger charge is -2.35. The van der Waals surface area contributed by atoms with Gasteiger partial charge in [0.1, 0.15) is 34.5 Å². The molecule has 6 rings (SSSR count). The zero-order chi connectivity index (χ0) is 38.4. The van der Waals surface area contributed by atoms with E-state index in [0.717, 1.165) is 60.2 Å². The molecule has 2 atom stereocenters. The normalized spacial score (nSPS) is 13.3. The summed E-state index contributed by atoms with van der Waals surface area (Å²) in [4.78, 5) is 0. The number of benzene rings is 6. The van der Waals surface area contributed by atoms with E-state index in [9.17, 15) is 0 Å². The first-order valence-electron chi connectivity index (χ1n) is 19.5. The van der Waals surface area contributed by atoms with Crippen molar-refractivity contribution in [2.24, 2.45) is 0 Å². The average molecular weight is 735 g/mol. The molecule has 5 nitrogen and oxygen atoms in total. The van der Waals surface area contributed by atoms with Crippen LogP contribution in [0.1, 0.15) is 62.8 Å². The van der Waals surface area contributed by atoms with Gasteiger partial charge in [0.2, 0.25) is 0 Å². The van der Waals surface area contributed by atoms with E-state index in [1.807, 2.05) is 86.6 Å². The quantitative estimate of drug-likeness (QED) is 0.0781. The summed E-state index contributed by atoms with van der Waals surface area (Å²) in [6.45, 7) is 11.0. The molecule has 0 heterocycles. The third kappa shape index (κ3) is 10.8. The SMILES string of the molecule is CCOc1ccc(C(C)(CCc2ccccc2Oc2ccccc2)COCC(C)(CCc2ccccc2Oc2ccccc2)c2ccc(OCC)cc2)cc1. The van der Waals surface area contributed by atoms with Crippen molar-refractivity contribution in [1.29, 1.82) is 0 Å². The highest BCUT2D eigenvalue weighted by Crippen LogP contribution is 2.37. The molecule has 0 saturated heterocycles. The molecule has 0 bridgehead atoms. The zero-order valence-corrected chi connectivity index (χ0v) is 32.7. The number of hydrogen-bond donors (Lipinski definition) is 0. The second-order valence-corrected chi connectivity index (χ2v) is 14.6. The Hall–Kier alpha value is -5.52. The predicted octanol–water partition coefficient (Wildman–Crippen LogP) is 12.6. The number of para-hydroxylation sites is 4. The molecule has 0 aliphatic carbocycles. The third-order valence-corrected chi connectivity index (χ3v) is 10.3. The summed E-state index contributed by atoms with van der Waals surface area (Å²) in [6, 6.07) is 53.7. The van der Waals surface area contributed by atoms with Crippen LogP contribution in [0.4, 0.5) is 0 Å². The molecule has 0 aliphatic heterocycles. The minimum Gasteiger partial charge on any atom is -0.494 e. The van der Waals surface area contributed by atoms with Crippen molar-refractivity contribution in [2.45, 2.75) is 64.2 Å². The van der Waals surface area contributed by atoms with Gasteiger partial charge in [0, 0.05) is 10.8 Å². The smallest absolute Gasteiger partial charge is 0.130 e. The van der Waals surface area contributed by atoms with Gasteiger partial charge in [-0.15, -0.1) is 0 Å². The topological polar surface area (TPSA) is 46.2 Å².